The van der Waals surface area contributed by atoms with Gasteiger partial charge in [0.2, 0.25) is 11.8 Å². The van der Waals surface area contributed by atoms with E-state index in [4.69, 9.17) is 0 Å². The molecule has 1 aliphatic heterocycles. The van der Waals surface area contributed by atoms with Gasteiger partial charge >= 0.3 is 12.1 Å². The van der Waals surface area contributed by atoms with Gasteiger partial charge in [-0.3, -0.25) is 9.59 Å². The molecular weight excluding hydrogens is 341 g/mol. The van der Waals surface area contributed by atoms with Crippen molar-refractivity contribution in [3.05, 3.63) is 35.4 Å². The molecule has 136 valence electrons. The average molecular weight is 358 g/mol. The molecule has 1 fully saturated rings. The molecule has 0 spiro atoms. The van der Waals surface area contributed by atoms with Crippen LogP contribution in [-0.4, -0.2) is 37.0 Å². The van der Waals surface area contributed by atoms with Gasteiger partial charge in [-0.15, -0.1) is 0 Å². The molecule has 2 amide bonds. The molecule has 6 nitrogen and oxygen atoms in total. The van der Waals surface area contributed by atoms with E-state index in [0.717, 1.165) is 19.2 Å². The lowest BCUT2D eigenvalue weighted by Gasteiger charge is -2.19. The highest BCUT2D eigenvalue weighted by atomic mass is 19.4. The van der Waals surface area contributed by atoms with Crippen LogP contribution in [0, 0.1) is 0 Å². The highest BCUT2D eigenvalue weighted by Gasteiger charge is 2.32. The molecule has 2 N–H and O–H groups in total. The van der Waals surface area contributed by atoms with Crippen molar-refractivity contribution >= 4 is 17.8 Å². The predicted octanol–water partition coefficient (Wildman–Crippen LogP) is 1.18. The third-order valence-corrected chi connectivity index (χ3v) is 3.84. The van der Waals surface area contributed by atoms with Gasteiger partial charge in [0.15, 0.2) is 0 Å². The van der Waals surface area contributed by atoms with Crippen LogP contribution in [0.2, 0.25) is 0 Å². The number of carbonyl (C=O) groups is 3. The van der Waals surface area contributed by atoms with Crippen LogP contribution < -0.4 is 10.6 Å². The molecule has 1 aliphatic rings. The minimum atomic E-state index is -4.45. The van der Waals surface area contributed by atoms with Gasteiger partial charge in [-0.25, -0.2) is 4.79 Å². The van der Waals surface area contributed by atoms with Crippen LogP contribution in [0.5, 0.6) is 0 Å². The number of esters is 1. The summed E-state index contributed by atoms with van der Waals surface area (Å²) in [4.78, 5) is 35.1. The number of halogens is 3. The molecule has 0 aromatic heterocycles. The fourth-order valence-electron chi connectivity index (χ4n) is 2.48. The van der Waals surface area contributed by atoms with E-state index in [0.29, 0.717) is 12.0 Å². The van der Waals surface area contributed by atoms with Gasteiger partial charge < -0.3 is 15.4 Å². The Labute approximate surface area is 141 Å². The summed E-state index contributed by atoms with van der Waals surface area (Å²) < 4.78 is 42.4. The van der Waals surface area contributed by atoms with E-state index in [1.54, 1.807) is 0 Å². The van der Waals surface area contributed by atoms with E-state index in [1.165, 1.54) is 12.1 Å². The Morgan fingerprint density at radius 2 is 1.96 bits per heavy atom. The topological polar surface area (TPSA) is 84.5 Å². The number of ether oxygens (including phenoxy) is 1. The van der Waals surface area contributed by atoms with E-state index in [-0.39, 0.29) is 18.7 Å². The summed E-state index contributed by atoms with van der Waals surface area (Å²) in [5, 5.41) is 4.95. The minimum Gasteiger partial charge on any atom is -0.467 e. The fourth-order valence-corrected chi connectivity index (χ4v) is 2.48. The Hall–Kier alpha value is -2.58. The largest absolute Gasteiger partial charge is 0.467 e. The van der Waals surface area contributed by atoms with Crippen molar-refractivity contribution in [2.75, 3.05) is 7.11 Å². The molecule has 1 aromatic rings. The molecule has 2 atom stereocenters. The van der Waals surface area contributed by atoms with Gasteiger partial charge in [-0.05, 0) is 24.1 Å². The van der Waals surface area contributed by atoms with Crippen LogP contribution in [0.3, 0.4) is 0 Å². The van der Waals surface area contributed by atoms with Gasteiger partial charge in [-0.2, -0.15) is 13.2 Å². The van der Waals surface area contributed by atoms with E-state index < -0.39 is 35.7 Å². The zero-order valence-electron chi connectivity index (χ0n) is 13.4. The Morgan fingerprint density at radius 1 is 1.32 bits per heavy atom. The van der Waals surface area contributed by atoms with Gasteiger partial charge in [0, 0.05) is 12.8 Å². The summed E-state index contributed by atoms with van der Waals surface area (Å²) in [6.45, 7) is 0. The Bertz CT molecular complexity index is 658. The summed E-state index contributed by atoms with van der Waals surface area (Å²) in [6.07, 6.45) is -3.94. The number of rotatable bonds is 5. The molecule has 0 bridgehead atoms. The van der Waals surface area contributed by atoms with Crippen molar-refractivity contribution in [2.24, 2.45) is 0 Å². The van der Waals surface area contributed by atoms with E-state index in [2.05, 4.69) is 15.4 Å². The van der Waals surface area contributed by atoms with Gasteiger partial charge in [-0.1, -0.05) is 12.1 Å². The SMILES string of the molecule is COC(=O)[C@H](Cc1ccc(C(F)(F)F)cc1)NC(=O)[C@H]1CCC(=O)N1. The first-order valence-corrected chi connectivity index (χ1v) is 7.54. The van der Waals surface area contributed by atoms with Crippen LogP contribution in [0.25, 0.3) is 0 Å². The zero-order chi connectivity index (χ0) is 18.6. The monoisotopic (exact) mass is 358 g/mol. The van der Waals surface area contributed by atoms with Crippen molar-refractivity contribution in [1.29, 1.82) is 0 Å². The number of benzene rings is 1. The second kappa shape index (κ2) is 7.54. The zero-order valence-corrected chi connectivity index (χ0v) is 13.4. The second-order valence-corrected chi connectivity index (χ2v) is 5.64. The maximum absolute atomic E-state index is 12.6. The number of carbonyl (C=O) groups excluding carboxylic acids is 3. The average Bonchev–Trinajstić information content (AvgIpc) is 2.99. The lowest BCUT2D eigenvalue weighted by molar-refractivity contribution is -0.145. The normalized spacial score (nSPS) is 18.4. The van der Waals surface area contributed by atoms with E-state index >= 15 is 0 Å². The van der Waals surface area contributed by atoms with Gasteiger partial charge in [0.1, 0.15) is 12.1 Å². The predicted molar refractivity (Wildman–Crippen MR) is 80.3 cm³/mol. The summed E-state index contributed by atoms with van der Waals surface area (Å²) in [5.41, 5.74) is -0.372. The maximum Gasteiger partial charge on any atom is 0.416 e. The third kappa shape index (κ3) is 4.94. The molecule has 0 radical (unpaired) electrons. The Kier molecular flexibility index (Phi) is 5.66. The summed E-state index contributed by atoms with van der Waals surface area (Å²) in [5.74, 6) is -1.51. The molecular formula is C16H17F3N2O4. The van der Waals surface area contributed by atoms with Crippen molar-refractivity contribution in [1.82, 2.24) is 10.6 Å². The lowest BCUT2D eigenvalue weighted by Crippen LogP contribution is -2.50. The molecule has 1 saturated heterocycles. The van der Waals surface area contributed by atoms with Gasteiger partial charge in [0.25, 0.3) is 0 Å². The summed E-state index contributed by atoms with van der Waals surface area (Å²) in [6, 6.07) is 2.50. The molecule has 9 heteroatoms. The van der Waals surface area contributed by atoms with Crippen molar-refractivity contribution < 1.29 is 32.3 Å². The molecule has 1 aromatic carbocycles. The van der Waals surface area contributed by atoms with Crippen LogP contribution in [0.15, 0.2) is 24.3 Å². The minimum absolute atomic E-state index is 0.0305. The molecule has 1 heterocycles. The van der Waals surface area contributed by atoms with E-state index in [1.807, 2.05) is 0 Å². The number of hydrogen-bond acceptors (Lipinski definition) is 4. The molecule has 2 rings (SSSR count). The quantitative estimate of drug-likeness (QED) is 0.775. The lowest BCUT2D eigenvalue weighted by atomic mass is 10.0. The van der Waals surface area contributed by atoms with Crippen molar-refractivity contribution in [2.45, 2.75) is 37.5 Å². The number of methoxy groups -OCH3 is 1. The van der Waals surface area contributed by atoms with Crippen LogP contribution in [0.4, 0.5) is 13.2 Å². The first-order chi connectivity index (χ1) is 11.7. The van der Waals surface area contributed by atoms with Crippen LogP contribution in [0.1, 0.15) is 24.0 Å². The first kappa shape index (κ1) is 18.8. The molecule has 25 heavy (non-hydrogen) atoms. The number of nitrogens with one attached hydrogen (secondary N) is 2. The summed E-state index contributed by atoms with van der Waals surface area (Å²) >= 11 is 0. The number of hydrogen-bond donors (Lipinski definition) is 2. The second-order valence-electron chi connectivity index (χ2n) is 5.64. The van der Waals surface area contributed by atoms with Crippen LogP contribution in [-0.2, 0) is 31.7 Å². The molecule has 0 aliphatic carbocycles. The third-order valence-electron chi connectivity index (χ3n) is 3.84. The van der Waals surface area contributed by atoms with Crippen LogP contribution >= 0.6 is 0 Å². The number of amides is 2. The number of alkyl halides is 3. The molecule has 0 unspecified atom stereocenters. The molecule has 0 saturated carbocycles. The Morgan fingerprint density at radius 3 is 2.44 bits per heavy atom. The smallest absolute Gasteiger partial charge is 0.416 e. The Balaban J connectivity index is 2.06. The van der Waals surface area contributed by atoms with E-state index in [9.17, 15) is 27.6 Å². The maximum atomic E-state index is 12.6. The highest BCUT2D eigenvalue weighted by molar-refractivity contribution is 5.93. The summed E-state index contributed by atoms with van der Waals surface area (Å²) in [7, 11) is 1.14. The fraction of sp³-hybridized carbons (Fsp3) is 0.438. The van der Waals surface area contributed by atoms with Gasteiger partial charge in [0.05, 0.1) is 12.7 Å². The van der Waals surface area contributed by atoms with Crippen molar-refractivity contribution in [3.8, 4) is 0 Å². The first-order valence-electron chi connectivity index (χ1n) is 7.54. The standard InChI is InChI=1S/C16H17F3N2O4/c1-25-15(24)12(21-14(23)11-6-7-13(22)20-11)8-9-2-4-10(5-3-9)16(17,18)19/h2-5,11-12H,6-8H2,1H3,(H,20,22)(H,21,23)/t11-,12+/m1/s1. The van der Waals surface area contributed by atoms with Crippen molar-refractivity contribution in [3.63, 3.8) is 0 Å². The highest BCUT2D eigenvalue weighted by Crippen LogP contribution is 2.29.